The maximum Gasteiger partial charge on any atom is 5.00 e. The summed E-state index contributed by atoms with van der Waals surface area (Å²) in [7, 11) is 0. The Morgan fingerprint density at radius 3 is 0.417 bits per heavy atom. The van der Waals surface area contributed by atoms with Gasteiger partial charge in [-0.2, -0.15) is 0 Å². The first-order valence-electron chi connectivity index (χ1n) is 9.10. The summed E-state index contributed by atoms with van der Waals surface area (Å²) in [5.41, 5.74) is 0. The van der Waals surface area contributed by atoms with Crippen molar-refractivity contribution in [3.63, 3.8) is 0 Å². The predicted octanol–water partition coefficient (Wildman–Crippen LogP) is -6.43. The van der Waals surface area contributed by atoms with Gasteiger partial charge in [-0.1, -0.05) is 0 Å². The molecule has 0 N–H and O–H groups in total. The number of rotatable bonds is 10. The van der Waals surface area contributed by atoms with Crippen LogP contribution in [0.1, 0.15) is 66.7 Å². The van der Waals surface area contributed by atoms with Crippen LogP contribution in [-0.4, -0.2) is 58.8 Å². The number of carbonyl (C=O) groups excluding carboxylic acids is 10. The molecule has 0 radical (unpaired) electrons. The summed E-state index contributed by atoms with van der Waals surface area (Å²) >= 11 is 0. The van der Waals surface area contributed by atoms with Gasteiger partial charge in [0.05, 0.1) is 0 Å². The Kier molecular flexibility index (Phi) is 37.6. The largest absolute Gasteiger partial charge is 5.00 e. The van der Waals surface area contributed by atoms with Crippen molar-refractivity contribution in [3.8, 4) is 0 Å². The molecule has 15 nitrogen and oxygen atoms in total. The molecule has 0 saturated heterocycles. The van der Waals surface area contributed by atoms with E-state index in [4.69, 9.17) is 0 Å². The average Bonchev–Trinajstić information content (AvgIpc) is 2.49. The van der Waals surface area contributed by atoms with Crippen LogP contribution in [0.3, 0.4) is 0 Å². The fourth-order valence-corrected chi connectivity index (χ4v) is 1.02. The summed E-state index contributed by atoms with van der Waals surface area (Å²) in [6.45, 7) is 6.02. The van der Waals surface area contributed by atoms with Crippen molar-refractivity contribution in [2.45, 2.75) is 66.7 Å². The van der Waals surface area contributed by atoms with Crippen molar-refractivity contribution in [1.82, 2.24) is 0 Å². The molecular formula is C20H25NbO15. The molecule has 0 amide bonds. The fourth-order valence-electron chi connectivity index (χ4n) is 1.02. The number of hydrogen-bond donors (Lipinski definition) is 0. The maximum absolute atomic E-state index is 9.83. The van der Waals surface area contributed by atoms with Gasteiger partial charge in [-0.3, -0.25) is 24.0 Å². The van der Waals surface area contributed by atoms with E-state index in [0.29, 0.717) is 0 Å². The molecule has 0 fully saturated rings. The van der Waals surface area contributed by atoms with Crippen molar-refractivity contribution >= 4 is 58.8 Å². The van der Waals surface area contributed by atoms with Gasteiger partial charge < -0.3 is 49.5 Å². The van der Waals surface area contributed by atoms with Crippen LogP contribution in [0.5, 0.6) is 0 Å². The molecule has 0 aromatic rings. The fraction of sp³-hybridized carbons (Fsp3) is 0.500. The van der Waals surface area contributed by atoms with E-state index in [1.54, 1.807) is 0 Å². The van der Waals surface area contributed by atoms with Gasteiger partial charge in [-0.15, -0.1) is 0 Å². The molecule has 0 bridgehead atoms. The van der Waals surface area contributed by atoms with Gasteiger partial charge in [0.2, 0.25) is 0 Å². The number of Topliss-reactive ketones (excluding diaryl/α,β-unsaturated/α-hetero) is 5. The topological polar surface area (TPSA) is 286 Å². The predicted molar refractivity (Wildman–Crippen MR) is 102 cm³/mol. The third-order valence-electron chi connectivity index (χ3n) is 1.97. The quantitative estimate of drug-likeness (QED) is 0.167. The van der Waals surface area contributed by atoms with Gasteiger partial charge in [0.1, 0.15) is 28.9 Å². The number of hydrogen-bond acceptors (Lipinski definition) is 15. The van der Waals surface area contributed by atoms with Crippen LogP contribution in [0.25, 0.3) is 0 Å². The van der Waals surface area contributed by atoms with Crippen LogP contribution in [-0.2, 0) is 70.3 Å². The molecule has 0 aliphatic heterocycles. The summed E-state index contributed by atoms with van der Waals surface area (Å²) in [5.74, 6) is -8.44. The van der Waals surface area contributed by atoms with Gasteiger partial charge in [-0.25, -0.2) is 0 Å². The summed E-state index contributed by atoms with van der Waals surface area (Å²) in [6, 6.07) is 0. The molecule has 0 spiro atoms. The van der Waals surface area contributed by atoms with Crippen molar-refractivity contribution in [1.29, 1.82) is 0 Å². The molecule has 0 heterocycles. The van der Waals surface area contributed by atoms with Gasteiger partial charge >= 0.3 is 22.4 Å². The van der Waals surface area contributed by atoms with Crippen LogP contribution < -0.4 is 25.5 Å². The van der Waals surface area contributed by atoms with Gasteiger partial charge in [0.15, 0.2) is 0 Å². The van der Waals surface area contributed by atoms with Gasteiger partial charge in [-0.05, 0) is 34.6 Å². The van der Waals surface area contributed by atoms with Crippen molar-refractivity contribution in [2.75, 3.05) is 0 Å². The van der Waals surface area contributed by atoms with Crippen molar-refractivity contribution < 1.29 is 95.9 Å². The molecular weight excluding hydrogens is 573 g/mol. The number of carboxylic acids is 5. The molecule has 16 heteroatoms. The molecule has 0 atom stereocenters. The second-order valence-electron chi connectivity index (χ2n) is 6.25. The van der Waals surface area contributed by atoms with Crippen molar-refractivity contribution in [2.24, 2.45) is 0 Å². The zero-order valence-corrected chi connectivity index (χ0v) is 22.3. The number of aliphatic carboxylic acids is 5. The first kappa shape index (κ1) is 45.9. The average molecular weight is 598 g/mol. The third kappa shape index (κ3) is 97.6. The molecule has 0 aliphatic carbocycles. The summed E-state index contributed by atoms with van der Waals surface area (Å²) < 4.78 is 0. The van der Waals surface area contributed by atoms with Gasteiger partial charge in [0.25, 0.3) is 0 Å². The number of carbonyl (C=O) groups is 10. The molecule has 200 valence electrons. The molecule has 0 aliphatic rings. The Balaban J connectivity index is -0.0000000776. The van der Waals surface area contributed by atoms with Crippen LogP contribution in [0.4, 0.5) is 0 Å². The van der Waals surface area contributed by atoms with E-state index in [2.05, 4.69) is 0 Å². The molecule has 36 heavy (non-hydrogen) atoms. The second-order valence-corrected chi connectivity index (χ2v) is 6.25. The summed E-state index contributed by atoms with van der Waals surface area (Å²) in [5, 5.41) is 47.4. The minimum absolute atomic E-state index is 0. The molecule has 0 rings (SSSR count). The van der Waals surface area contributed by atoms with E-state index in [9.17, 15) is 73.5 Å². The zero-order valence-electron chi connectivity index (χ0n) is 20.1. The van der Waals surface area contributed by atoms with E-state index < -0.39 is 62.0 Å². The van der Waals surface area contributed by atoms with Crippen LogP contribution in [0, 0.1) is 0 Å². The Morgan fingerprint density at radius 1 is 0.333 bits per heavy atom. The zero-order chi connectivity index (χ0) is 29.3. The molecule has 0 aromatic heterocycles. The Labute approximate surface area is 221 Å². The maximum atomic E-state index is 9.83. The normalized spacial score (nSPS) is 7.92. The van der Waals surface area contributed by atoms with Crippen LogP contribution in [0.15, 0.2) is 0 Å². The monoisotopic (exact) mass is 598 g/mol. The summed E-state index contributed by atoms with van der Waals surface area (Å²) in [6.07, 6.45) is -2.36. The first-order chi connectivity index (χ1) is 15.6. The van der Waals surface area contributed by atoms with Crippen LogP contribution >= 0.6 is 0 Å². The first-order valence-corrected chi connectivity index (χ1v) is 9.10. The van der Waals surface area contributed by atoms with E-state index in [1.165, 1.54) is 34.6 Å². The minimum Gasteiger partial charge on any atom is -0.550 e. The van der Waals surface area contributed by atoms with E-state index in [-0.39, 0.29) is 51.3 Å². The van der Waals surface area contributed by atoms with E-state index >= 15 is 0 Å². The second kappa shape index (κ2) is 29.5. The van der Waals surface area contributed by atoms with E-state index in [0.717, 1.165) is 0 Å². The van der Waals surface area contributed by atoms with Crippen LogP contribution in [0.2, 0.25) is 0 Å². The Hall–Kier alpha value is -3.56. The van der Waals surface area contributed by atoms with E-state index in [1.807, 2.05) is 0 Å². The summed E-state index contributed by atoms with van der Waals surface area (Å²) in [4.78, 5) is 96.6. The Morgan fingerprint density at radius 2 is 0.417 bits per heavy atom. The SMILES string of the molecule is CC(=O)CC(=O)[O-].CC(=O)CC(=O)[O-].CC(=O)CC(=O)[O-].CC(=O)CC(=O)[O-].CC(=O)CC(=O)[O-].[Nb+5]. The smallest absolute Gasteiger partial charge is 0.550 e. The number of carboxylic acid groups (broad SMARTS) is 5. The standard InChI is InChI=1S/5C4H6O3.Nb/c5*1-3(5)2-4(6)7;/h5*2H2,1H3,(H,6,7);/q;;;;;+5/p-5. The third-order valence-corrected chi connectivity index (χ3v) is 1.97. The number of ketones is 5. The Bertz CT molecular complexity index is 573. The minimum atomic E-state index is -1.31. The van der Waals surface area contributed by atoms with Gasteiger partial charge in [0, 0.05) is 62.0 Å². The molecule has 0 unspecified atom stereocenters. The molecule has 0 aromatic carbocycles. The molecule has 0 saturated carbocycles. The van der Waals surface area contributed by atoms with Crippen molar-refractivity contribution in [3.05, 3.63) is 0 Å².